The lowest BCUT2D eigenvalue weighted by Gasteiger charge is -2.34. The zero-order valence-electron chi connectivity index (χ0n) is 11.2. The Morgan fingerprint density at radius 2 is 1.90 bits per heavy atom. The average Bonchev–Trinajstić information content (AvgIpc) is 2.43. The summed E-state index contributed by atoms with van der Waals surface area (Å²) < 4.78 is 0. The number of hydrogen-bond donors (Lipinski definition) is 1. The molecule has 1 aliphatic rings. The minimum atomic E-state index is -0.453. The molecule has 7 heteroatoms. The fourth-order valence-electron chi connectivity index (χ4n) is 2.37. The lowest BCUT2D eigenvalue weighted by Crippen LogP contribution is -2.46. The van der Waals surface area contributed by atoms with E-state index in [1.54, 1.807) is 12.1 Å². The molecule has 0 atom stereocenters. The molecule has 110 valence electrons. The van der Waals surface area contributed by atoms with Gasteiger partial charge in [-0.25, -0.2) is 0 Å². The summed E-state index contributed by atoms with van der Waals surface area (Å²) in [6, 6.07) is 4.95. The first-order valence-corrected chi connectivity index (χ1v) is 6.96. The number of piperazine rings is 1. The SMILES string of the molecule is O=[N+]([O-])c1cc(CN2CCN(CCO)CC2)ccc1Cl. The Hall–Kier alpha value is -1.21. The molecule has 1 N–H and O–H groups in total. The van der Waals surface area contributed by atoms with Crippen LogP contribution in [0.3, 0.4) is 0 Å². The second kappa shape index (κ2) is 6.99. The molecule has 1 saturated heterocycles. The van der Waals surface area contributed by atoms with E-state index in [9.17, 15) is 10.1 Å². The molecular weight excluding hydrogens is 282 g/mol. The third-order valence-electron chi connectivity index (χ3n) is 3.49. The number of hydrogen-bond acceptors (Lipinski definition) is 5. The summed E-state index contributed by atoms with van der Waals surface area (Å²) in [4.78, 5) is 14.9. The van der Waals surface area contributed by atoms with Crippen molar-refractivity contribution < 1.29 is 10.0 Å². The molecule has 0 saturated carbocycles. The molecule has 2 rings (SSSR count). The highest BCUT2D eigenvalue weighted by atomic mass is 35.5. The van der Waals surface area contributed by atoms with Crippen molar-refractivity contribution in [2.24, 2.45) is 0 Å². The van der Waals surface area contributed by atoms with Gasteiger partial charge < -0.3 is 5.11 Å². The number of benzene rings is 1. The first-order chi connectivity index (χ1) is 9.60. The summed E-state index contributed by atoms with van der Waals surface area (Å²) in [6.45, 7) is 5.20. The standard InChI is InChI=1S/C13H18ClN3O3/c14-12-2-1-11(9-13(12)17(19)20)10-16-5-3-15(4-6-16)7-8-18/h1-2,9,18H,3-8,10H2. The van der Waals surface area contributed by atoms with Crippen molar-refractivity contribution in [2.45, 2.75) is 6.54 Å². The van der Waals surface area contributed by atoms with Crippen molar-refractivity contribution in [1.82, 2.24) is 9.80 Å². The van der Waals surface area contributed by atoms with Crippen molar-refractivity contribution in [3.05, 3.63) is 38.9 Å². The summed E-state index contributed by atoms with van der Waals surface area (Å²) in [5.41, 5.74) is 0.861. The van der Waals surface area contributed by atoms with Crippen molar-refractivity contribution in [2.75, 3.05) is 39.3 Å². The summed E-state index contributed by atoms with van der Waals surface area (Å²) in [6.07, 6.45) is 0. The maximum atomic E-state index is 10.9. The Balaban J connectivity index is 1.94. The van der Waals surface area contributed by atoms with Crippen molar-refractivity contribution >= 4 is 17.3 Å². The van der Waals surface area contributed by atoms with E-state index in [2.05, 4.69) is 9.80 Å². The van der Waals surface area contributed by atoms with E-state index in [0.29, 0.717) is 13.1 Å². The third-order valence-corrected chi connectivity index (χ3v) is 3.81. The second-order valence-electron chi connectivity index (χ2n) is 4.88. The molecule has 1 aliphatic heterocycles. The van der Waals surface area contributed by atoms with Gasteiger partial charge in [0.15, 0.2) is 0 Å². The van der Waals surface area contributed by atoms with Gasteiger partial charge in [0.25, 0.3) is 5.69 Å². The van der Waals surface area contributed by atoms with Gasteiger partial charge in [-0.3, -0.25) is 19.9 Å². The van der Waals surface area contributed by atoms with Crippen LogP contribution >= 0.6 is 11.6 Å². The second-order valence-corrected chi connectivity index (χ2v) is 5.29. The average molecular weight is 300 g/mol. The van der Waals surface area contributed by atoms with Crippen LogP contribution in [-0.2, 0) is 6.54 Å². The van der Waals surface area contributed by atoms with Crippen LogP contribution in [0.2, 0.25) is 5.02 Å². The van der Waals surface area contributed by atoms with Gasteiger partial charge in [0, 0.05) is 45.3 Å². The molecule has 0 amide bonds. The van der Waals surface area contributed by atoms with Crippen molar-refractivity contribution in [1.29, 1.82) is 0 Å². The lowest BCUT2D eigenvalue weighted by atomic mass is 10.1. The van der Waals surface area contributed by atoms with E-state index in [0.717, 1.165) is 31.7 Å². The largest absolute Gasteiger partial charge is 0.395 e. The highest BCUT2D eigenvalue weighted by molar-refractivity contribution is 6.32. The van der Waals surface area contributed by atoms with Crippen LogP contribution < -0.4 is 0 Å². The predicted octanol–water partition coefficient (Wildman–Crippen LogP) is 1.36. The van der Waals surface area contributed by atoms with E-state index >= 15 is 0 Å². The van der Waals surface area contributed by atoms with E-state index in [-0.39, 0.29) is 17.3 Å². The highest BCUT2D eigenvalue weighted by Crippen LogP contribution is 2.25. The summed E-state index contributed by atoms with van der Waals surface area (Å²) in [5.74, 6) is 0. The molecule has 6 nitrogen and oxygen atoms in total. The van der Waals surface area contributed by atoms with Crippen LogP contribution in [0, 0.1) is 10.1 Å². The monoisotopic (exact) mass is 299 g/mol. The molecule has 20 heavy (non-hydrogen) atoms. The van der Waals surface area contributed by atoms with Crippen molar-refractivity contribution in [3.63, 3.8) is 0 Å². The van der Waals surface area contributed by atoms with Gasteiger partial charge in [0.1, 0.15) is 5.02 Å². The van der Waals surface area contributed by atoms with Crippen LogP contribution in [0.25, 0.3) is 0 Å². The fraction of sp³-hybridized carbons (Fsp3) is 0.538. The topological polar surface area (TPSA) is 69.9 Å². The molecule has 0 bridgehead atoms. The Morgan fingerprint density at radius 1 is 1.25 bits per heavy atom. The number of nitro benzene ring substituents is 1. The Morgan fingerprint density at radius 3 is 2.50 bits per heavy atom. The quantitative estimate of drug-likeness (QED) is 0.657. The van der Waals surface area contributed by atoms with Crippen LogP contribution in [0.15, 0.2) is 18.2 Å². The highest BCUT2D eigenvalue weighted by Gasteiger charge is 2.18. The Kier molecular flexibility index (Phi) is 5.31. The zero-order chi connectivity index (χ0) is 14.5. The van der Waals surface area contributed by atoms with E-state index in [4.69, 9.17) is 16.7 Å². The molecule has 1 aromatic rings. The fourth-order valence-corrected chi connectivity index (χ4v) is 2.55. The Labute approximate surface area is 122 Å². The molecule has 0 aromatic heterocycles. The molecule has 1 heterocycles. The predicted molar refractivity (Wildman–Crippen MR) is 76.9 cm³/mol. The summed E-state index contributed by atoms with van der Waals surface area (Å²) in [5, 5.41) is 19.9. The molecule has 0 spiro atoms. The molecule has 0 unspecified atom stereocenters. The number of β-amino-alcohol motifs (C(OH)–C–C–N with tert-alkyl or cyclic N) is 1. The maximum absolute atomic E-state index is 10.9. The number of nitro groups is 1. The van der Waals surface area contributed by atoms with Gasteiger partial charge >= 0.3 is 0 Å². The van der Waals surface area contributed by atoms with Gasteiger partial charge in [-0.05, 0) is 11.6 Å². The number of halogens is 1. The van der Waals surface area contributed by atoms with Crippen LogP contribution in [0.1, 0.15) is 5.56 Å². The third kappa shape index (κ3) is 3.89. The van der Waals surface area contributed by atoms with Gasteiger partial charge in [-0.1, -0.05) is 17.7 Å². The minimum Gasteiger partial charge on any atom is -0.395 e. The van der Waals surface area contributed by atoms with Crippen LogP contribution in [0.4, 0.5) is 5.69 Å². The summed E-state index contributed by atoms with van der Waals surface area (Å²) >= 11 is 5.80. The molecular formula is C13H18ClN3O3. The van der Waals surface area contributed by atoms with E-state index in [1.807, 2.05) is 6.07 Å². The summed E-state index contributed by atoms with van der Waals surface area (Å²) in [7, 11) is 0. The first kappa shape index (κ1) is 15.2. The van der Waals surface area contributed by atoms with Crippen LogP contribution in [0.5, 0.6) is 0 Å². The number of nitrogens with zero attached hydrogens (tertiary/aromatic N) is 3. The normalized spacial score (nSPS) is 17.3. The Bertz CT molecular complexity index is 476. The van der Waals surface area contributed by atoms with Gasteiger partial charge in [-0.2, -0.15) is 0 Å². The maximum Gasteiger partial charge on any atom is 0.288 e. The van der Waals surface area contributed by atoms with Crippen LogP contribution in [-0.4, -0.2) is 59.2 Å². The molecule has 0 radical (unpaired) electrons. The van der Waals surface area contributed by atoms with E-state index in [1.165, 1.54) is 0 Å². The molecule has 1 fully saturated rings. The first-order valence-electron chi connectivity index (χ1n) is 6.58. The minimum absolute atomic E-state index is 0.0388. The van der Waals surface area contributed by atoms with Crippen molar-refractivity contribution in [3.8, 4) is 0 Å². The van der Waals surface area contributed by atoms with E-state index < -0.39 is 4.92 Å². The van der Waals surface area contributed by atoms with Gasteiger partial charge in [0.2, 0.25) is 0 Å². The van der Waals surface area contributed by atoms with Gasteiger partial charge in [-0.15, -0.1) is 0 Å². The number of aliphatic hydroxyl groups is 1. The van der Waals surface area contributed by atoms with Gasteiger partial charge in [0.05, 0.1) is 11.5 Å². The molecule has 1 aromatic carbocycles. The zero-order valence-corrected chi connectivity index (χ0v) is 11.9. The smallest absolute Gasteiger partial charge is 0.288 e. The lowest BCUT2D eigenvalue weighted by molar-refractivity contribution is -0.384. The number of aliphatic hydroxyl groups excluding tert-OH is 1. The molecule has 0 aliphatic carbocycles. The number of rotatable bonds is 5.